The molecule has 0 heterocycles. The van der Waals surface area contributed by atoms with Gasteiger partial charge in [0.15, 0.2) is 0 Å². The molecule has 0 radical (unpaired) electrons. The first kappa shape index (κ1) is 17.8. The summed E-state index contributed by atoms with van der Waals surface area (Å²) >= 11 is 1.48. The lowest BCUT2D eigenvalue weighted by molar-refractivity contribution is 0.414. The normalized spacial score (nSPS) is 11.4. The number of benzene rings is 2. The van der Waals surface area contributed by atoms with Crippen LogP contribution < -0.4 is 9.46 Å². The van der Waals surface area contributed by atoms with Gasteiger partial charge in [-0.15, -0.1) is 0 Å². The minimum atomic E-state index is -3.53. The maximum Gasteiger partial charge on any atom is 0.240 e. The van der Waals surface area contributed by atoms with Crippen molar-refractivity contribution < 1.29 is 17.5 Å². The molecule has 0 atom stereocenters. The highest BCUT2D eigenvalue weighted by molar-refractivity contribution is 7.98. The number of ether oxygens (including phenoxy) is 1. The van der Waals surface area contributed by atoms with Crippen molar-refractivity contribution in [2.75, 3.05) is 19.4 Å². The van der Waals surface area contributed by atoms with E-state index in [4.69, 9.17) is 4.74 Å². The van der Waals surface area contributed by atoms with Crippen LogP contribution in [0, 0.1) is 5.82 Å². The molecule has 0 bridgehead atoms. The summed E-state index contributed by atoms with van der Waals surface area (Å²) in [5, 5.41) is 0. The lowest BCUT2D eigenvalue weighted by Crippen LogP contribution is -2.26. The molecule has 2 rings (SSSR count). The van der Waals surface area contributed by atoms with E-state index in [2.05, 4.69) is 4.72 Å². The van der Waals surface area contributed by atoms with Crippen molar-refractivity contribution in [3.05, 3.63) is 59.9 Å². The quantitative estimate of drug-likeness (QED) is 0.740. The Bertz CT molecular complexity index is 733. The summed E-state index contributed by atoms with van der Waals surface area (Å²) in [6.45, 7) is 0.285. The molecule has 0 aliphatic rings. The second-order valence-corrected chi connectivity index (χ2v) is 7.59. The molecule has 23 heavy (non-hydrogen) atoms. The average molecular weight is 355 g/mol. The van der Waals surface area contributed by atoms with E-state index >= 15 is 0 Å². The molecule has 1 N–H and O–H groups in total. The van der Waals surface area contributed by atoms with Crippen LogP contribution in [-0.4, -0.2) is 27.8 Å². The number of rotatable bonds is 8. The third-order valence-electron chi connectivity index (χ3n) is 3.12. The Labute approximate surface area is 140 Å². The second kappa shape index (κ2) is 8.33. The van der Waals surface area contributed by atoms with Gasteiger partial charge < -0.3 is 4.74 Å². The molecule has 2 aromatic carbocycles. The Balaban J connectivity index is 1.79. The molecule has 0 amide bonds. The van der Waals surface area contributed by atoms with Gasteiger partial charge in [-0.2, -0.15) is 11.8 Å². The maximum absolute atomic E-state index is 13.4. The van der Waals surface area contributed by atoms with Crippen molar-refractivity contribution in [1.82, 2.24) is 4.72 Å². The topological polar surface area (TPSA) is 55.4 Å². The Kier molecular flexibility index (Phi) is 6.44. The predicted octanol–water partition coefficient (Wildman–Crippen LogP) is 3.05. The molecule has 0 aromatic heterocycles. The Hall–Kier alpha value is -1.57. The summed E-state index contributed by atoms with van der Waals surface area (Å²) in [4.78, 5) is 0.192. The van der Waals surface area contributed by atoms with Gasteiger partial charge in [-0.05, 0) is 35.9 Å². The SMILES string of the molecule is COc1ccc(S(=O)(=O)NCCSCc2ccccc2F)cc1. The van der Waals surface area contributed by atoms with Gasteiger partial charge in [0, 0.05) is 18.1 Å². The first-order valence-electron chi connectivity index (χ1n) is 6.98. The van der Waals surface area contributed by atoms with Crippen molar-refractivity contribution in [2.24, 2.45) is 0 Å². The first-order valence-corrected chi connectivity index (χ1v) is 9.61. The molecule has 0 fully saturated rings. The summed E-state index contributed by atoms with van der Waals surface area (Å²) in [6.07, 6.45) is 0. The maximum atomic E-state index is 13.4. The molecule has 124 valence electrons. The summed E-state index contributed by atoms with van der Waals surface area (Å²) in [6, 6.07) is 12.8. The zero-order valence-corrected chi connectivity index (χ0v) is 14.3. The fourth-order valence-electron chi connectivity index (χ4n) is 1.88. The smallest absolute Gasteiger partial charge is 0.240 e. The van der Waals surface area contributed by atoms with E-state index in [1.54, 1.807) is 30.3 Å². The number of nitrogens with one attached hydrogen (secondary N) is 1. The van der Waals surface area contributed by atoms with Crippen LogP contribution in [0.1, 0.15) is 5.56 Å². The minimum Gasteiger partial charge on any atom is -0.497 e. The highest BCUT2D eigenvalue weighted by atomic mass is 32.2. The fourth-order valence-corrected chi connectivity index (χ4v) is 3.89. The van der Waals surface area contributed by atoms with E-state index in [-0.39, 0.29) is 17.3 Å². The molecule has 0 unspecified atom stereocenters. The van der Waals surface area contributed by atoms with E-state index in [9.17, 15) is 12.8 Å². The van der Waals surface area contributed by atoms with Gasteiger partial charge in [0.05, 0.1) is 12.0 Å². The van der Waals surface area contributed by atoms with Gasteiger partial charge in [0.1, 0.15) is 11.6 Å². The van der Waals surface area contributed by atoms with E-state index < -0.39 is 10.0 Å². The number of hydrogen-bond acceptors (Lipinski definition) is 4. The highest BCUT2D eigenvalue weighted by Gasteiger charge is 2.13. The monoisotopic (exact) mass is 355 g/mol. The average Bonchev–Trinajstić information content (AvgIpc) is 2.56. The molecule has 0 spiro atoms. The van der Waals surface area contributed by atoms with Crippen LogP contribution in [0.15, 0.2) is 53.4 Å². The van der Waals surface area contributed by atoms with Gasteiger partial charge in [-0.1, -0.05) is 18.2 Å². The van der Waals surface area contributed by atoms with Crippen LogP contribution in [0.3, 0.4) is 0 Å². The number of methoxy groups -OCH3 is 1. The number of thioether (sulfide) groups is 1. The summed E-state index contributed by atoms with van der Waals surface area (Å²) < 4.78 is 45.2. The van der Waals surface area contributed by atoms with Gasteiger partial charge >= 0.3 is 0 Å². The van der Waals surface area contributed by atoms with Gasteiger partial charge in [-0.25, -0.2) is 17.5 Å². The number of hydrogen-bond donors (Lipinski definition) is 1. The Morgan fingerprint density at radius 1 is 1.13 bits per heavy atom. The second-order valence-electron chi connectivity index (χ2n) is 4.72. The standard InChI is InChI=1S/C16H18FNO3S2/c1-21-14-6-8-15(9-7-14)23(19,20)18-10-11-22-12-13-4-2-3-5-16(13)17/h2-9,18H,10-12H2,1H3. The Morgan fingerprint density at radius 3 is 2.48 bits per heavy atom. The molecule has 0 aliphatic heterocycles. The van der Waals surface area contributed by atoms with Crippen molar-refractivity contribution in [1.29, 1.82) is 0 Å². The largest absolute Gasteiger partial charge is 0.497 e. The molecule has 0 saturated carbocycles. The number of sulfonamides is 1. The van der Waals surface area contributed by atoms with Crippen molar-refractivity contribution in [2.45, 2.75) is 10.6 Å². The van der Waals surface area contributed by atoms with Crippen LogP contribution in [0.2, 0.25) is 0 Å². The third kappa shape index (κ3) is 5.23. The lowest BCUT2D eigenvalue weighted by atomic mass is 10.2. The van der Waals surface area contributed by atoms with Crippen LogP contribution >= 0.6 is 11.8 Å². The zero-order chi connectivity index (χ0) is 16.7. The van der Waals surface area contributed by atoms with Gasteiger partial charge in [0.25, 0.3) is 0 Å². The van der Waals surface area contributed by atoms with E-state index in [0.717, 1.165) is 0 Å². The Morgan fingerprint density at radius 2 is 1.83 bits per heavy atom. The minimum absolute atomic E-state index is 0.192. The summed E-state index contributed by atoms with van der Waals surface area (Å²) in [7, 11) is -2.01. The van der Waals surface area contributed by atoms with E-state index in [1.165, 1.54) is 37.1 Å². The molecular weight excluding hydrogens is 337 g/mol. The van der Waals surface area contributed by atoms with E-state index in [0.29, 0.717) is 22.8 Å². The zero-order valence-electron chi connectivity index (χ0n) is 12.7. The first-order chi connectivity index (χ1) is 11.0. The summed E-state index contributed by atoms with van der Waals surface area (Å²) in [5.74, 6) is 1.43. The molecule has 4 nitrogen and oxygen atoms in total. The molecule has 0 saturated heterocycles. The predicted molar refractivity (Wildman–Crippen MR) is 90.7 cm³/mol. The molecular formula is C16H18FNO3S2. The summed E-state index contributed by atoms with van der Waals surface area (Å²) in [5.41, 5.74) is 0.621. The molecule has 2 aromatic rings. The van der Waals surface area contributed by atoms with Crippen molar-refractivity contribution >= 4 is 21.8 Å². The highest BCUT2D eigenvalue weighted by Crippen LogP contribution is 2.16. The lowest BCUT2D eigenvalue weighted by Gasteiger charge is -2.08. The molecule has 7 heteroatoms. The fraction of sp³-hybridized carbons (Fsp3) is 0.250. The van der Waals surface area contributed by atoms with Crippen LogP contribution in [-0.2, 0) is 15.8 Å². The number of halogens is 1. The van der Waals surface area contributed by atoms with Crippen molar-refractivity contribution in [3.8, 4) is 5.75 Å². The molecule has 0 aliphatic carbocycles. The third-order valence-corrected chi connectivity index (χ3v) is 5.61. The van der Waals surface area contributed by atoms with Crippen LogP contribution in [0.5, 0.6) is 5.75 Å². The van der Waals surface area contributed by atoms with E-state index in [1.807, 2.05) is 0 Å². The van der Waals surface area contributed by atoms with Crippen LogP contribution in [0.25, 0.3) is 0 Å². The van der Waals surface area contributed by atoms with Gasteiger partial charge in [0.2, 0.25) is 10.0 Å². The van der Waals surface area contributed by atoms with Crippen molar-refractivity contribution in [3.63, 3.8) is 0 Å². The van der Waals surface area contributed by atoms with Crippen LogP contribution in [0.4, 0.5) is 4.39 Å². The van der Waals surface area contributed by atoms with Gasteiger partial charge in [-0.3, -0.25) is 0 Å².